The fraction of sp³-hybridized carbons (Fsp3) is 0.0870. The number of allylic oxidation sites excluding steroid dienone is 4. The molecule has 2 aromatic carbocycles. The lowest BCUT2D eigenvalue weighted by Crippen LogP contribution is -2.23. The molecule has 1 aliphatic heterocycles. The molecule has 128 valence electrons. The highest BCUT2D eigenvalue weighted by molar-refractivity contribution is 6.01. The highest BCUT2D eigenvalue weighted by atomic mass is 16.1. The summed E-state index contributed by atoms with van der Waals surface area (Å²) in [5, 5.41) is 1.43. The van der Waals surface area contributed by atoms with Crippen molar-refractivity contribution in [3.05, 3.63) is 95.3 Å². The van der Waals surface area contributed by atoms with Crippen LogP contribution in [0.1, 0.15) is 5.56 Å². The molecule has 0 spiro atoms. The third-order valence-electron chi connectivity index (χ3n) is 5.28. The van der Waals surface area contributed by atoms with Gasteiger partial charge < -0.3 is 9.47 Å². The van der Waals surface area contributed by atoms with Crippen molar-refractivity contribution in [1.29, 1.82) is 0 Å². The minimum Gasteiger partial charge on any atom is -0.344 e. The molecule has 0 amide bonds. The van der Waals surface area contributed by atoms with Crippen molar-refractivity contribution in [1.82, 2.24) is 4.57 Å². The number of likely N-dealkylation sites (N-methyl/N-ethyl adjacent to an activating group) is 1. The van der Waals surface area contributed by atoms with Gasteiger partial charge in [-0.3, -0.25) is 4.79 Å². The van der Waals surface area contributed by atoms with Gasteiger partial charge in [0.2, 0.25) is 0 Å². The van der Waals surface area contributed by atoms with Crippen LogP contribution in [0.5, 0.6) is 0 Å². The Morgan fingerprint density at radius 3 is 2.38 bits per heavy atom. The summed E-state index contributed by atoms with van der Waals surface area (Å²) < 4.78 is 2.07. The standard InChI is InChI=1S/C23H20N2O/c1-6-15-14(3)17-12-22-18(13-21(17)24(4)19(15)7-2)23(26)16-10-8-9-11-20(16)25(22)5/h6-13H,1-3H2,4-5H3. The largest absolute Gasteiger partial charge is 0.344 e. The minimum atomic E-state index is 0.0502. The highest BCUT2D eigenvalue weighted by Gasteiger charge is 2.24. The number of para-hydroxylation sites is 1. The summed E-state index contributed by atoms with van der Waals surface area (Å²) in [6.45, 7) is 12.1. The quantitative estimate of drug-likeness (QED) is 0.627. The zero-order chi connectivity index (χ0) is 18.6. The number of benzene rings is 2. The summed E-state index contributed by atoms with van der Waals surface area (Å²) in [6, 6.07) is 11.7. The van der Waals surface area contributed by atoms with Gasteiger partial charge in [-0.15, -0.1) is 0 Å². The number of fused-ring (bicyclic) bond motifs is 3. The van der Waals surface area contributed by atoms with Crippen molar-refractivity contribution in [2.24, 2.45) is 7.05 Å². The van der Waals surface area contributed by atoms with Gasteiger partial charge in [0.15, 0.2) is 5.43 Å². The van der Waals surface area contributed by atoms with Crippen LogP contribution >= 0.6 is 0 Å². The summed E-state index contributed by atoms with van der Waals surface area (Å²) in [5.41, 5.74) is 6.62. The Labute approximate surface area is 152 Å². The van der Waals surface area contributed by atoms with Gasteiger partial charge in [-0.05, 0) is 35.9 Å². The van der Waals surface area contributed by atoms with Gasteiger partial charge in [0.05, 0.1) is 11.0 Å². The van der Waals surface area contributed by atoms with E-state index in [-0.39, 0.29) is 5.43 Å². The number of rotatable bonds is 2. The van der Waals surface area contributed by atoms with Crippen molar-refractivity contribution in [2.45, 2.75) is 0 Å². The minimum absolute atomic E-state index is 0.0502. The maximum Gasteiger partial charge on any atom is 0.197 e. The van der Waals surface area contributed by atoms with Gasteiger partial charge in [-0.25, -0.2) is 0 Å². The zero-order valence-electron chi connectivity index (χ0n) is 15.0. The molecule has 0 atom stereocenters. The molecule has 0 bridgehead atoms. The second kappa shape index (κ2) is 5.60. The van der Waals surface area contributed by atoms with Crippen molar-refractivity contribution in [3.63, 3.8) is 0 Å². The lowest BCUT2D eigenvalue weighted by Gasteiger charge is -2.32. The molecular formula is C23H20N2O. The number of hydrogen-bond donors (Lipinski definition) is 0. The Kier molecular flexibility index (Phi) is 3.48. The molecule has 4 rings (SSSR count). The molecule has 0 aliphatic carbocycles. The molecule has 0 saturated carbocycles. The Balaban J connectivity index is 2.16. The van der Waals surface area contributed by atoms with E-state index < -0.39 is 0 Å². The molecule has 2 heterocycles. The van der Waals surface area contributed by atoms with E-state index in [0.717, 1.165) is 44.5 Å². The highest BCUT2D eigenvalue weighted by Crippen LogP contribution is 2.41. The molecule has 3 nitrogen and oxygen atoms in total. The average molecular weight is 340 g/mol. The van der Waals surface area contributed by atoms with Crippen molar-refractivity contribution < 1.29 is 0 Å². The molecular weight excluding hydrogens is 320 g/mol. The lowest BCUT2D eigenvalue weighted by atomic mass is 9.90. The average Bonchev–Trinajstić information content (AvgIpc) is 2.67. The topological polar surface area (TPSA) is 25.2 Å². The number of hydrogen-bond acceptors (Lipinski definition) is 2. The number of aryl methyl sites for hydroxylation is 1. The molecule has 26 heavy (non-hydrogen) atoms. The molecule has 0 fully saturated rings. The first-order valence-electron chi connectivity index (χ1n) is 8.47. The van der Waals surface area contributed by atoms with Crippen LogP contribution in [0.25, 0.3) is 27.4 Å². The Bertz CT molecular complexity index is 1220. The molecule has 1 aliphatic rings. The van der Waals surface area contributed by atoms with E-state index in [1.165, 1.54) is 0 Å². The normalized spacial score (nSPS) is 14.1. The summed E-state index contributed by atoms with van der Waals surface area (Å²) in [4.78, 5) is 15.1. The second-order valence-corrected chi connectivity index (χ2v) is 6.54. The first kappa shape index (κ1) is 16.2. The van der Waals surface area contributed by atoms with Crippen LogP contribution in [-0.2, 0) is 7.05 Å². The lowest BCUT2D eigenvalue weighted by molar-refractivity contribution is 1.000. The molecule has 0 radical (unpaired) electrons. The Morgan fingerprint density at radius 1 is 0.962 bits per heavy atom. The molecule has 1 aromatic heterocycles. The van der Waals surface area contributed by atoms with Gasteiger partial charge >= 0.3 is 0 Å². The Hall–Kier alpha value is -3.33. The fourth-order valence-electron chi connectivity index (χ4n) is 3.87. The van der Waals surface area contributed by atoms with Crippen molar-refractivity contribution in [3.8, 4) is 0 Å². The van der Waals surface area contributed by atoms with E-state index in [4.69, 9.17) is 0 Å². The van der Waals surface area contributed by atoms with E-state index in [1.807, 2.05) is 55.4 Å². The van der Waals surface area contributed by atoms with Gasteiger partial charge in [-0.2, -0.15) is 0 Å². The number of pyridine rings is 1. The maximum absolute atomic E-state index is 13.1. The van der Waals surface area contributed by atoms with Crippen molar-refractivity contribution in [2.75, 3.05) is 11.9 Å². The predicted molar refractivity (Wildman–Crippen MR) is 112 cm³/mol. The van der Waals surface area contributed by atoms with Gasteiger partial charge in [0.25, 0.3) is 0 Å². The van der Waals surface area contributed by atoms with E-state index in [2.05, 4.69) is 30.4 Å². The molecule has 0 unspecified atom stereocenters. The second-order valence-electron chi connectivity index (χ2n) is 6.54. The predicted octanol–water partition coefficient (Wildman–Crippen LogP) is 4.78. The van der Waals surface area contributed by atoms with Crippen LogP contribution < -0.4 is 10.3 Å². The van der Waals surface area contributed by atoms with Crippen LogP contribution in [0.4, 0.5) is 5.69 Å². The summed E-state index contributed by atoms with van der Waals surface area (Å²) >= 11 is 0. The summed E-state index contributed by atoms with van der Waals surface area (Å²) in [5.74, 6) is 0. The number of nitrogens with zero attached hydrogens (tertiary/aromatic N) is 2. The zero-order valence-corrected chi connectivity index (χ0v) is 15.0. The molecule has 0 N–H and O–H groups in total. The molecule has 3 heteroatoms. The van der Waals surface area contributed by atoms with Crippen LogP contribution in [0.15, 0.2) is 84.4 Å². The van der Waals surface area contributed by atoms with E-state index in [0.29, 0.717) is 5.39 Å². The number of aromatic nitrogens is 1. The summed E-state index contributed by atoms with van der Waals surface area (Å²) in [6.07, 6.45) is 3.61. The van der Waals surface area contributed by atoms with Crippen LogP contribution in [0.2, 0.25) is 0 Å². The third-order valence-corrected chi connectivity index (χ3v) is 5.28. The van der Waals surface area contributed by atoms with Gasteiger partial charge in [0, 0.05) is 47.4 Å². The maximum atomic E-state index is 13.1. The van der Waals surface area contributed by atoms with E-state index in [1.54, 1.807) is 6.08 Å². The van der Waals surface area contributed by atoms with Crippen LogP contribution in [0, 0.1) is 0 Å². The van der Waals surface area contributed by atoms with E-state index >= 15 is 0 Å². The first-order valence-corrected chi connectivity index (χ1v) is 8.47. The van der Waals surface area contributed by atoms with Crippen LogP contribution in [-0.4, -0.2) is 11.6 Å². The monoisotopic (exact) mass is 340 g/mol. The Morgan fingerprint density at radius 2 is 1.69 bits per heavy atom. The van der Waals surface area contributed by atoms with E-state index in [9.17, 15) is 4.79 Å². The van der Waals surface area contributed by atoms with Crippen molar-refractivity contribution >= 4 is 33.1 Å². The molecule has 0 saturated heterocycles. The van der Waals surface area contributed by atoms with Gasteiger partial charge in [-0.1, -0.05) is 37.9 Å². The molecule has 3 aromatic rings. The third kappa shape index (κ3) is 1.97. The smallest absolute Gasteiger partial charge is 0.197 e. The first-order chi connectivity index (χ1) is 12.5. The summed E-state index contributed by atoms with van der Waals surface area (Å²) in [7, 11) is 3.97. The fourth-order valence-corrected chi connectivity index (χ4v) is 3.87. The van der Waals surface area contributed by atoms with Crippen LogP contribution in [0.3, 0.4) is 0 Å². The van der Waals surface area contributed by atoms with Gasteiger partial charge in [0.1, 0.15) is 0 Å². The SMILES string of the molecule is C=CC1=C(C=C)N(C)c2cc3c(=O)c4ccccc4n(C)c3cc2C1=C. The number of anilines is 1.